The molecule has 0 aromatic heterocycles. The van der Waals surface area contributed by atoms with Crippen molar-refractivity contribution in [3.05, 3.63) is 81.8 Å². The molecule has 0 bridgehead atoms. The van der Waals surface area contributed by atoms with Crippen LogP contribution in [0.1, 0.15) is 13.8 Å². The minimum atomic E-state index is -4.39. The lowest BCUT2D eigenvalue weighted by atomic mass is 10.2. The summed E-state index contributed by atoms with van der Waals surface area (Å²) >= 11 is 18.0. The van der Waals surface area contributed by atoms with Crippen LogP contribution in [0.25, 0.3) is 0 Å². The number of amides is 2. The highest BCUT2D eigenvalue weighted by Gasteiger charge is 2.33. The molecule has 0 aliphatic heterocycles. The van der Waals surface area contributed by atoms with Gasteiger partial charge >= 0.3 is 0 Å². The molecule has 0 atom stereocenters. The highest BCUT2D eigenvalue weighted by Crippen LogP contribution is 2.36. The molecule has 0 saturated heterocycles. The van der Waals surface area contributed by atoms with E-state index in [9.17, 15) is 26.4 Å². The van der Waals surface area contributed by atoms with Crippen LogP contribution >= 0.6 is 34.8 Å². The van der Waals surface area contributed by atoms with Crippen molar-refractivity contribution in [3.8, 4) is 0 Å². The number of anilines is 2. The Morgan fingerprint density at radius 1 is 0.629 bits per heavy atom. The van der Waals surface area contributed by atoms with E-state index in [0.29, 0.717) is 18.7 Å². The predicted octanol–water partition coefficient (Wildman–Crippen LogP) is 5.13. The van der Waals surface area contributed by atoms with Crippen molar-refractivity contribution in [2.24, 2.45) is 0 Å². The van der Waals surface area contributed by atoms with Gasteiger partial charge in [-0.3, -0.25) is 9.59 Å². The van der Waals surface area contributed by atoms with Gasteiger partial charge in [0.25, 0.3) is 20.0 Å². The average molecular weight is 576 g/mol. The minimum absolute atomic E-state index is 0.159. The summed E-state index contributed by atoms with van der Waals surface area (Å²) in [5.74, 6) is -1.72. The molecule has 0 spiro atoms. The van der Waals surface area contributed by atoms with E-state index in [1.54, 1.807) is 0 Å². The van der Waals surface area contributed by atoms with Crippen LogP contribution in [0.5, 0.6) is 0 Å². The molecule has 8 nitrogen and oxygen atoms in total. The quantitative estimate of drug-likeness (QED) is 0.403. The van der Waals surface area contributed by atoms with Crippen molar-refractivity contribution in [2.75, 3.05) is 8.61 Å². The molecule has 2 amide bonds. The van der Waals surface area contributed by atoms with Gasteiger partial charge in [0.2, 0.25) is 11.8 Å². The van der Waals surface area contributed by atoms with Crippen molar-refractivity contribution < 1.29 is 26.4 Å². The number of nitrogens with zero attached hydrogens (tertiary/aromatic N) is 2. The Labute approximate surface area is 217 Å². The Kier molecular flexibility index (Phi) is 7.83. The number of hydrogen-bond donors (Lipinski definition) is 0. The lowest BCUT2D eigenvalue weighted by molar-refractivity contribution is -0.116. The van der Waals surface area contributed by atoms with Crippen LogP contribution in [-0.4, -0.2) is 28.6 Å². The monoisotopic (exact) mass is 574 g/mol. The van der Waals surface area contributed by atoms with E-state index < -0.39 is 31.9 Å². The van der Waals surface area contributed by atoms with Gasteiger partial charge in [0, 0.05) is 23.9 Å². The van der Waals surface area contributed by atoms with Gasteiger partial charge in [0.05, 0.1) is 26.2 Å². The first-order valence-corrected chi connectivity index (χ1v) is 13.7. The molecule has 0 heterocycles. The van der Waals surface area contributed by atoms with E-state index in [2.05, 4.69) is 0 Å². The van der Waals surface area contributed by atoms with Crippen LogP contribution < -0.4 is 8.61 Å². The fourth-order valence-corrected chi connectivity index (χ4v) is 6.60. The topological polar surface area (TPSA) is 109 Å². The van der Waals surface area contributed by atoms with Crippen molar-refractivity contribution in [1.29, 1.82) is 0 Å². The van der Waals surface area contributed by atoms with Gasteiger partial charge in [-0.15, -0.1) is 0 Å². The van der Waals surface area contributed by atoms with Gasteiger partial charge in [-0.2, -0.15) is 0 Å². The number of carbonyl (C=O) groups excluding carboxylic acids is 2. The number of sulfonamides is 2. The second-order valence-electron chi connectivity index (χ2n) is 7.12. The second kappa shape index (κ2) is 10.2. The molecule has 3 rings (SSSR count). The zero-order chi connectivity index (χ0) is 26.1. The van der Waals surface area contributed by atoms with Crippen LogP contribution in [-0.2, 0) is 29.6 Å². The summed E-state index contributed by atoms with van der Waals surface area (Å²) in [6.45, 7) is 2.08. The highest BCUT2D eigenvalue weighted by molar-refractivity contribution is 7.94. The number of halogens is 3. The summed E-state index contributed by atoms with van der Waals surface area (Å²) in [6.07, 6.45) is 0. The van der Waals surface area contributed by atoms with Crippen molar-refractivity contribution in [3.63, 3.8) is 0 Å². The SMILES string of the molecule is CC(=O)N(c1ccc(N(C(C)=O)S(=O)(=O)c2ccc(Cl)cc2)c(Cl)c1)S(=O)(=O)c1ccc(Cl)cc1. The first-order valence-electron chi connectivity index (χ1n) is 9.69. The molecular weight excluding hydrogens is 559 g/mol. The molecule has 0 unspecified atom stereocenters. The van der Waals surface area contributed by atoms with Gasteiger partial charge in [0.15, 0.2) is 0 Å². The van der Waals surface area contributed by atoms with E-state index >= 15 is 0 Å². The first-order chi connectivity index (χ1) is 16.3. The fourth-order valence-electron chi connectivity index (χ4n) is 3.17. The number of hydrogen-bond acceptors (Lipinski definition) is 6. The maximum atomic E-state index is 13.2. The predicted molar refractivity (Wildman–Crippen MR) is 135 cm³/mol. The molecule has 0 aliphatic rings. The molecule has 0 aliphatic carbocycles. The third-order valence-corrected chi connectivity index (χ3v) is 9.09. The highest BCUT2D eigenvalue weighted by atomic mass is 35.5. The fraction of sp³-hybridized carbons (Fsp3) is 0.0909. The van der Waals surface area contributed by atoms with Crippen LogP contribution in [0.4, 0.5) is 11.4 Å². The van der Waals surface area contributed by atoms with Crippen LogP contribution in [0, 0.1) is 0 Å². The van der Waals surface area contributed by atoms with E-state index in [0.717, 1.165) is 26.0 Å². The molecule has 3 aromatic carbocycles. The average Bonchev–Trinajstić information content (AvgIpc) is 2.75. The van der Waals surface area contributed by atoms with Crippen molar-refractivity contribution >= 4 is 78.0 Å². The largest absolute Gasteiger partial charge is 0.274 e. The third kappa shape index (κ3) is 5.46. The zero-order valence-corrected chi connectivity index (χ0v) is 22.0. The number of carbonyl (C=O) groups is 2. The van der Waals surface area contributed by atoms with Crippen LogP contribution in [0.15, 0.2) is 76.5 Å². The van der Waals surface area contributed by atoms with Gasteiger partial charge in [-0.25, -0.2) is 25.4 Å². The maximum Gasteiger partial charge on any atom is 0.270 e. The number of rotatable bonds is 6. The summed E-state index contributed by atoms with van der Waals surface area (Å²) in [5.41, 5.74) is -0.390. The number of benzene rings is 3. The molecule has 0 radical (unpaired) electrons. The zero-order valence-electron chi connectivity index (χ0n) is 18.1. The second-order valence-corrected chi connectivity index (χ2v) is 12.0. The summed E-state index contributed by atoms with van der Waals surface area (Å²) < 4.78 is 53.6. The Morgan fingerprint density at radius 2 is 1.03 bits per heavy atom. The normalized spacial score (nSPS) is 11.7. The van der Waals surface area contributed by atoms with Gasteiger partial charge in [-0.05, 0) is 66.7 Å². The van der Waals surface area contributed by atoms with Crippen molar-refractivity contribution in [2.45, 2.75) is 23.6 Å². The van der Waals surface area contributed by atoms with Crippen molar-refractivity contribution in [1.82, 2.24) is 0 Å². The van der Waals surface area contributed by atoms with E-state index in [1.807, 2.05) is 0 Å². The van der Waals surface area contributed by atoms with Gasteiger partial charge < -0.3 is 0 Å². The molecule has 0 fully saturated rings. The van der Waals surface area contributed by atoms with E-state index in [4.69, 9.17) is 34.8 Å². The summed E-state index contributed by atoms with van der Waals surface area (Å²) in [6, 6.07) is 13.7. The Balaban J connectivity index is 2.11. The molecule has 0 saturated carbocycles. The van der Waals surface area contributed by atoms with E-state index in [-0.39, 0.29) is 26.2 Å². The minimum Gasteiger partial charge on any atom is -0.274 e. The Hall–Kier alpha value is -2.63. The maximum absolute atomic E-state index is 13.2. The third-order valence-electron chi connectivity index (χ3n) is 4.66. The summed E-state index contributed by atoms with van der Waals surface area (Å²) in [4.78, 5) is 24.3. The summed E-state index contributed by atoms with van der Waals surface area (Å²) in [7, 11) is -8.74. The lowest BCUT2D eigenvalue weighted by Gasteiger charge is -2.25. The van der Waals surface area contributed by atoms with Crippen LogP contribution in [0.3, 0.4) is 0 Å². The van der Waals surface area contributed by atoms with Gasteiger partial charge in [-0.1, -0.05) is 34.8 Å². The molecule has 35 heavy (non-hydrogen) atoms. The molecule has 13 heteroatoms. The van der Waals surface area contributed by atoms with Gasteiger partial charge in [0.1, 0.15) is 0 Å². The van der Waals surface area contributed by atoms with Crippen LogP contribution in [0.2, 0.25) is 15.1 Å². The first kappa shape index (κ1) is 27.0. The van der Waals surface area contributed by atoms with E-state index in [1.165, 1.54) is 54.6 Å². The lowest BCUT2D eigenvalue weighted by Crippen LogP contribution is -2.36. The summed E-state index contributed by atoms with van der Waals surface area (Å²) in [5, 5.41) is 0.316. The molecule has 0 N–H and O–H groups in total. The molecular formula is C22H17Cl3N2O6S2. The molecule has 184 valence electrons. The Bertz CT molecular complexity index is 1510. The standard InChI is InChI=1S/C22H17Cl3N2O6S2/c1-14(28)26(34(30,31)19-8-3-16(23)4-9-19)18-7-12-22(21(25)13-18)27(15(2)29)35(32,33)20-10-5-17(24)6-11-20/h3-13H,1-2H3. The molecule has 3 aromatic rings. The Morgan fingerprint density at radius 3 is 1.40 bits per heavy atom. The smallest absolute Gasteiger partial charge is 0.270 e.